The molecule has 0 saturated carbocycles. The van der Waals surface area contributed by atoms with Gasteiger partial charge >= 0.3 is 6.18 Å². The molecule has 1 saturated heterocycles. The molecule has 264 valence electrons. The number of anilines is 1. The predicted molar refractivity (Wildman–Crippen MR) is 181 cm³/mol. The number of pyridine rings is 1. The number of hydrogen-bond acceptors (Lipinski definition) is 7. The van der Waals surface area contributed by atoms with E-state index < -0.39 is 23.5 Å². The van der Waals surface area contributed by atoms with Crippen LogP contribution in [-0.4, -0.2) is 93.0 Å². The first kappa shape index (κ1) is 33.8. The summed E-state index contributed by atoms with van der Waals surface area (Å²) >= 11 is 0. The van der Waals surface area contributed by atoms with Crippen LogP contribution >= 0.6 is 0 Å². The summed E-state index contributed by atoms with van der Waals surface area (Å²) in [5, 5.41) is 7.77. The SMILES string of the molecule is COc1cccnc1N1CCN(C(=O)c2cc3c(-c4ccccc4C(F)(F)F)cc(C4=CCCN(C(=O)CCn5ccnn5)C4)c(F)c3[nH]2)CC1. The summed E-state index contributed by atoms with van der Waals surface area (Å²) in [7, 11) is 1.56. The first-order chi connectivity index (χ1) is 24.6. The maximum absolute atomic E-state index is 16.6. The molecule has 1 fully saturated rings. The molecule has 0 spiro atoms. The van der Waals surface area contributed by atoms with Crippen molar-refractivity contribution in [1.82, 2.24) is 34.8 Å². The second-order valence-corrected chi connectivity index (χ2v) is 12.4. The highest BCUT2D eigenvalue weighted by molar-refractivity contribution is 6.05. The first-order valence-corrected chi connectivity index (χ1v) is 16.5. The van der Waals surface area contributed by atoms with Crippen LogP contribution in [0.4, 0.5) is 23.4 Å². The van der Waals surface area contributed by atoms with Gasteiger partial charge in [-0.2, -0.15) is 13.2 Å². The summed E-state index contributed by atoms with van der Waals surface area (Å²) in [4.78, 5) is 39.5. The Bertz CT molecular complexity index is 2100. The van der Waals surface area contributed by atoms with E-state index in [-0.39, 0.29) is 52.2 Å². The average molecular weight is 703 g/mol. The fourth-order valence-corrected chi connectivity index (χ4v) is 6.74. The van der Waals surface area contributed by atoms with Gasteiger partial charge in [0.05, 0.1) is 30.9 Å². The molecule has 51 heavy (non-hydrogen) atoms. The standard InChI is InChI=1S/C36H34F4N8O3/c1-51-30-9-4-11-41-34(30)45-16-18-46(19-17-45)35(50)29-21-27-26(24-7-2-3-8-28(24)36(38,39)40)20-25(32(37)33(27)43-29)23-6-5-13-47(22-23)31(49)10-14-48-15-12-42-44-48/h2-4,6-9,11-12,15,20-21,43H,5,10,13-14,16-19,22H2,1H3. The minimum absolute atomic E-state index is 0.0539. The Balaban J connectivity index is 1.22. The highest BCUT2D eigenvalue weighted by atomic mass is 19.4. The van der Waals surface area contributed by atoms with Crippen molar-refractivity contribution in [3.05, 3.63) is 95.8 Å². The number of piperazine rings is 1. The van der Waals surface area contributed by atoms with Crippen LogP contribution in [0.25, 0.3) is 27.6 Å². The molecule has 11 nitrogen and oxygen atoms in total. The molecule has 2 aromatic carbocycles. The van der Waals surface area contributed by atoms with Crippen LogP contribution in [-0.2, 0) is 17.5 Å². The number of hydrogen-bond donors (Lipinski definition) is 1. The number of carbonyl (C=O) groups is 2. The Morgan fingerprint density at radius 3 is 2.49 bits per heavy atom. The van der Waals surface area contributed by atoms with Crippen LogP contribution in [0.1, 0.15) is 34.5 Å². The molecule has 0 radical (unpaired) electrons. The number of methoxy groups -OCH3 is 1. The molecule has 5 heterocycles. The lowest BCUT2D eigenvalue weighted by molar-refractivity contribution is -0.137. The number of carbonyl (C=O) groups excluding carboxylic acids is 2. The average Bonchev–Trinajstić information content (AvgIpc) is 3.85. The summed E-state index contributed by atoms with van der Waals surface area (Å²) in [6.07, 6.45) is 2.51. The van der Waals surface area contributed by atoms with E-state index >= 15 is 4.39 Å². The van der Waals surface area contributed by atoms with E-state index in [1.54, 1.807) is 47.5 Å². The number of nitrogens with one attached hydrogen (secondary N) is 1. The minimum atomic E-state index is -4.69. The third-order valence-electron chi connectivity index (χ3n) is 9.32. The third kappa shape index (κ3) is 6.75. The number of benzene rings is 2. The lowest BCUT2D eigenvalue weighted by atomic mass is 9.91. The van der Waals surface area contributed by atoms with Crippen molar-refractivity contribution in [3.8, 4) is 16.9 Å². The van der Waals surface area contributed by atoms with Gasteiger partial charge in [-0.25, -0.2) is 9.37 Å². The molecule has 0 atom stereocenters. The zero-order valence-corrected chi connectivity index (χ0v) is 27.7. The van der Waals surface area contributed by atoms with Gasteiger partial charge in [0.25, 0.3) is 5.91 Å². The molecule has 3 aromatic heterocycles. The van der Waals surface area contributed by atoms with E-state index in [9.17, 15) is 22.8 Å². The van der Waals surface area contributed by atoms with E-state index in [1.165, 1.54) is 41.2 Å². The van der Waals surface area contributed by atoms with Crippen molar-refractivity contribution in [1.29, 1.82) is 0 Å². The molecule has 5 aromatic rings. The van der Waals surface area contributed by atoms with Crippen LogP contribution in [0.2, 0.25) is 0 Å². The number of halogens is 4. The lowest BCUT2D eigenvalue weighted by Crippen LogP contribution is -2.49. The number of aromatic nitrogens is 5. The Morgan fingerprint density at radius 2 is 1.75 bits per heavy atom. The number of ether oxygens (including phenoxy) is 1. The number of amides is 2. The maximum atomic E-state index is 16.6. The fourth-order valence-electron chi connectivity index (χ4n) is 6.74. The van der Waals surface area contributed by atoms with Crippen LogP contribution in [0, 0.1) is 5.82 Å². The molecule has 0 aliphatic carbocycles. The Morgan fingerprint density at radius 1 is 0.941 bits per heavy atom. The van der Waals surface area contributed by atoms with E-state index in [4.69, 9.17) is 4.74 Å². The number of fused-ring (bicyclic) bond motifs is 1. The van der Waals surface area contributed by atoms with Crippen molar-refractivity contribution in [3.63, 3.8) is 0 Å². The quantitative estimate of drug-likeness (QED) is 0.208. The van der Waals surface area contributed by atoms with Crippen LogP contribution in [0.3, 0.4) is 0 Å². The van der Waals surface area contributed by atoms with Crippen molar-refractivity contribution in [2.24, 2.45) is 0 Å². The van der Waals surface area contributed by atoms with Gasteiger partial charge in [-0.15, -0.1) is 5.10 Å². The molecule has 7 rings (SSSR count). The largest absolute Gasteiger partial charge is 0.493 e. The molecule has 1 N–H and O–H groups in total. The van der Waals surface area contributed by atoms with E-state index in [2.05, 4.69) is 20.3 Å². The molecular weight excluding hydrogens is 668 g/mol. The third-order valence-corrected chi connectivity index (χ3v) is 9.32. The van der Waals surface area contributed by atoms with Gasteiger partial charge in [0.1, 0.15) is 5.69 Å². The Labute approximate surface area is 290 Å². The summed E-state index contributed by atoms with van der Waals surface area (Å²) in [5.41, 5.74) is -0.433. The molecule has 0 bridgehead atoms. The highest BCUT2D eigenvalue weighted by Crippen LogP contribution is 2.42. The van der Waals surface area contributed by atoms with Gasteiger partial charge in [-0.1, -0.05) is 29.5 Å². The number of aromatic amines is 1. The highest BCUT2D eigenvalue weighted by Gasteiger charge is 2.35. The fraction of sp³-hybridized carbons (Fsp3) is 0.306. The van der Waals surface area contributed by atoms with Gasteiger partial charge < -0.3 is 24.4 Å². The summed E-state index contributed by atoms with van der Waals surface area (Å²) < 4.78 is 66.6. The molecule has 0 unspecified atom stereocenters. The molecule has 2 amide bonds. The zero-order valence-electron chi connectivity index (χ0n) is 27.7. The number of aryl methyl sites for hydroxylation is 1. The minimum Gasteiger partial charge on any atom is -0.493 e. The van der Waals surface area contributed by atoms with E-state index in [0.717, 1.165) is 6.07 Å². The van der Waals surface area contributed by atoms with E-state index in [0.29, 0.717) is 62.8 Å². The molecular formula is C36H34F4N8O3. The van der Waals surface area contributed by atoms with Crippen LogP contribution in [0.15, 0.2) is 73.2 Å². The lowest BCUT2D eigenvalue weighted by Gasteiger charge is -2.35. The van der Waals surface area contributed by atoms with Crippen molar-refractivity contribution < 1.29 is 31.9 Å². The molecule has 15 heteroatoms. The normalized spacial score (nSPS) is 15.3. The van der Waals surface area contributed by atoms with Gasteiger partial charge in [0, 0.05) is 69.0 Å². The first-order valence-electron chi connectivity index (χ1n) is 16.5. The van der Waals surface area contributed by atoms with Gasteiger partial charge in [-0.3, -0.25) is 14.3 Å². The number of H-pyrrole nitrogens is 1. The maximum Gasteiger partial charge on any atom is 0.417 e. The predicted octanol–water partition coefficient (Wildman–Crippen LogP) is 5.66. The summed E-state index contributed by atoms with van der Waals surface area (Å²) in [6.45, 7) is 2.39. The summed E-state index contributed by atoms with van der Waals surface area (Å²) in [5.74, 6) is -0.0241. The van der Waals surface area contributed by atoms with Gasteiger partial charge in [-0.05, 0) is 53.5 Å². The Hall–Kier alpha value is -5.73. The molecule has 2 aliphatic rings. The second kappa shape index (κ2) is 13.9. The zero-order chi connectivity index (χ0) is 35.7. The Kier molecular flexibility index (Phi) is 9.19. The topological polar surface area (TPSA) is 112 Å². The number of nitrogens with zero attached hydrogens (tertiary/aromatic N) is 7. The van der Waals surface area contributed by atoms with Crippen LogP contribution in [0.5, 0.6) is 5.75 Å². The van der Waals surface area contributed by atoms with Crippen molar-refractivity contribution in [2.45, 2.75) is 25.6 Å². The number of rotatable bonds is 8. The summed E-state index contributed by atoms with van der Waals surface area (Å²) in [6, 6.07) is 11.5. The van der Waals surface area contributed by atoms with Crippen molar-refractivity contribution >= 4 is 34.1 Å². The van der Waals surface area contributed by atoms with Crippen LogP contribution < -0.4 is 9.64 Å². The van der Waals surface area contributed by atoms with Gasteiger partial charge in [0.15, 0.2) is 17.4 Å². The smallest absolute Gasteiger partial charge is 0.417 e. The van der Waals surface area contributed by atoms with Crippen molar-refractivity contribution in [2.75, 3.05) is 51.3 Å². The molecule has 2 aliphatic heterocycles. The van der Waals surface area contributed by atoms with E-state index in [1.807, 2.05) is 4.90 Å². The van der Waals surface area contributed by atoms with Gasteiger partial charge in [0.2, 0.25) is 5.91 Å². The number of alkyl halides is 3. The second-order valence-electron chi connectivity index (χ2n) is 12.4. The monoisotopic (exact) mass is 702 g/mol.